The van der Waals surface area contributed by atoms with Crippen LogP contribution in [0.3, 0.4) is 0 Å². The highest BCUT2D eigenvalue weighted by molar-refractivity contribution is 7.80. The summed E-state index contributed by atoms with van der Waals surface area (Å²) in [7, 11) is 1.49. The molecule has 0 bridgehead atoms. The monoisotopic (exact) mass is 411 g/mol. The molecule has 154 valence electrons. The molecule has 3 N–H and O–H groups in total. The molecule has 1 rings (SSSR count). The van der Waals surface area contributed by atoms with Gasteiger partial charge in [-0.15, -0.1) is 0 Å². The van der Waals surface area contributed by atoms with Crippen LogP contribution in [0.15, 0.2) is 18.2 Å². The van der Waals surface area contributed by atoms with E-state index in [1.807, 2.05) is 32.0 Å². The van der Waals surface area contributed by atoms with E-state index in [0.29, 0.717) is 12.4 Å². The van der Waals surface area contributed by atoms with E-state index in [4.69, 9.17) is 26.4 Å². The average Bonchev–Trinajstić information content (AvgIpc) is 2.64. The maximum Gasteiger partial charge on any atom is 0.306 e. The summed E-state index contributed by atoms with van der Waals surface area (Å²) in [5.41, 5.74) is 6.56. The molecule has 0 radical (unpaired) electrons. The van der Waals surface area contributed by atoms with Crippen LogP contribution in [-0.2, 0) is 23.9 Å². The molecule has 1 aromatic rings. The van der Waals surface area contributed by atoms with E-state index in [1.165, 1.54) is 7.11 Å². The molecule has 0 heterocycles. The minimum atomic E-state index is -0.511. The number of esters is 1. The van der Waals surface area contributed by atoms with Crippen molar-refractivity contribution in [1.29, 1.82) is 0 Å². The molecule has 0 fully saturated rings. The summed E-state index contributed by atoms with van der Waals surface area (Å²) < 4.78 is 15.1. The second kappa shape index (κ2) is 12.6. The molecule has 9 nitrogen and oxygen atoms in total. The summed E-state index contributed by atoms with van der Waals surface area (Å²) in [6, 6.07) is 5.67. The van der Waals surface area contributed by atoms with Gasteiger partial charge in [-0.25, -0.2) is 0 Å². The Labute approximate surface area is 169 Å². The van der Waals surface area contributed by atoms with E-state index in [0.717, 1.165) is 11.1 Å². The number of carbonyl (C=O) groups is 3. The van der Waals surface area contributed by atoms with Gasteiger partial charge in [-0.05, 0) is 37.2 Å². The number of nitrogens with one attached hydrogen (secondary N) is 3. The molecule has 0 unspecified atom stereocenters. The van der Waals surface area contributed by atoms with Crippen LogP contribution in [0.1, 0.15) is 24.0 Å². The molecule has 1 aromatic carbocycles. The zero-order valence-electron chi connectivity index (χ0n) is 16.1. The normalized spacial score (nSPS) is 9.96. The predicted molar refractivity (Wildman–Crippen MR) is 105 cm³/mol. The third kappa shape index (κ3) is 9.28. The van der Waals surface area contributed by atoms with Crippen LogP contribution in [0.2, 0.25) is 0 Å². The highest BCUT2D eigenvalue weighted by atomic mass is 32.1. The van der Waals surface area contributed by atoms with Gasteiger partial charge in [0, 0.05) is 13.5 Å². The van der Waals surface area contributed by atoms with Gasteiger partial charge in [-0.1, -0.05) is 18.2 Å². The maximum absolute atomic E-state index is 11.8. The number of aryl methyl sites for hydroxylation is 2. The lowest BCUT2D eigenvalue weighted by Crippen LogP contribution is -2.49. The van der Waals surface area contributed by atoms with E-state index in [2.05, 4.69) is 16.2 Å². The Morgan fingerprint density at radius 1 is 1.00 bits per heavy atom. The minimum absolute atomic E-state index is 0.0891. The Morgan fingerprint density at radius 2 is 1.68 bits per heavy atom. The molecule has 0 aliphatic heterocycles. The van der Waals surface area contributed by atoms with E-state index in [9.17, 15) is 14.4 Å². The first kappa shape index (κ1) is 23.3. The Balaban J connectivity index is 2.23. The summed E-state index contributed by atoms with van der Waals surface area (Å²) in [5.74, 6) is -0.822. The summed E-state index contributed by atoms with van der Waals surface area (Å²) in [4.78, 5) is 34.9. The fourth-order valence-electron chi connectivity index (χ4n) is 2.07. The van der Waals surface area contributed by atoms with Crippen molar-refractivity contribution >= 4 is 35.1 Å². The fraction of sp³-hybridized carbons (Fsp3) is 0.444. The van der Waals surface area contributed by atoms with E-state index >= 15 is 0 Å². The topological polar surface area (TPSA) is 115 Å². The zero-order valence-corrected chi connectivity index (χ0v) is 16.9. The van der Waals surface area contributed by atoms with Crippen molar-refractivity contribution in [2.75, 3.05) is 26.9 Å². The molecular weight excluding hydrogens is 386 g/mol. The number of para-hydroxylation sites is 1. The second-order valence-corrected chi connectivity index (χ2v) is 6.18. The third-order valence-electron chi connectivity index (χ3n) is 3.43. The van der Waals surface area contributed by atoms with E-state index in [1.54, 1.807) is 0 Å². The van der Waals surface area contributed by atoms with Crippen LogP contribution in [0.25, 0.3) is 0 Å². The number of methoxy groups -OCH3 is 1. The van der Waals surface area contributed by atoms with E-state index in [-0.39, 0.29) is 31.2 Å². The Kier molecular flexibility index (Phi) is 10.5. The Hall–Kier alpha value is -2.72. The molecular formula is C18H25N3O6S. The van der Waals surface area contributed by atoms with Gasteiger partial charge in [0.25, 0.3) is 5.91 Å². The summed E-state index contributed by atoms with van der Waals surface area (Å²) >= 11 is 4.90. The van der Waals surface area contributed by atoms with Crippen LogP contribution in [0.4, 0.5) is 0 Å². The van der Waals surface area contributed by atoms with E-state index < -0.39 is 17.8 Å². The van der Waals surface area contributed by atoms with Crippen LogP contribution in [0.5, 0.6) is 5.75 Å². The summed E-state index contributed by atoms with van der Waals surface area (Å²) in [5, 5.41) is 2.24. The lowest BCUT2D eigenvalue weighted by atomic mass is 10.1. The number of rotatable bonds is 9. The predicted octanol–water partition coefficient (Wildman–Crippen LogP) is 0.674. The minimum Gasteiger partial charge on any atom is -0.483 e. The van der Waals surface area contributed by atoms with Crippen LogP contribution in [-0.4, -0.2) is 49.8 Å². The lowest BCUT2D eigenvalue weighted by Gasteiger charge is -2.13. The molecule has 28 heavy (non-hydrogen) atoms. The molecule has 0 saturated carbocycles. The highest BCUT2D eigenvalue weighted by Gasteiger charge is 2.11. The third-order valence-corrected chi connectivity index (χ3v) is 3.64. The second-order valence-electron chi connectivity index (χ2n) is 5.77. The summed E-state index contributed by atoms with van der Waals surface area (Å²) in [6.45, 7) is 3.97. The molecule has 0 aliphatic rings. The first-order valence-electron chi connectivity index (χ1n) is 8.55. The molecule has 2 amide bonds. The lowest BCUT2D eigenvalue weighted by molar-refractivity contribution is -0.146. The van der Waals surface area contributed by atoms with Crippen molar-refractivity contribution in [3.8, 4) is 5.75 Å². The van der Waals surface area contributed by atoms with Gasteiger partial charge < -0.3 is 19.5 Å². The quantitative estimate of drug-likeness (QED) is 0.235. The van der Waals surface area contributed by atoms with Gasteiger partial charge in [0.15, 0.2) is 11.7 Å². The SMILES string of the molecule is COCCOC(=O)CCC(=O)NC(=S)NNC(=O)COc1c(C)cccc1C. The highest BCUT2D eigenvalue weighted by Crippen LogP contribution is 2.21. The van der Waals surface area contributed by atoms with Gasteiger partial charge in [-0.2, -0.15) is 0 Å². The van der Waals surface area contributed by atoms with Crippen molar-refractivity contribution in [2.24, 2.45) is 0 Å². The fourth-order valence-corrected chi connectivity index (χ4v) is 2.24. The van der Waals surface area contributed by atoms with Crippen molar-refractivity contribution in [3.05, 3.63) is 29.3 Å². The number of hydrazine groups is 1. The van der Waals surface area contributed by atoms with Crippen LogP contribution < -0.4 is 20.9 Å². The van der Waals surface area contributed by atoms with Gasteiger partial charge in [0.1, 0.15) is 12.4 Å². The number of hydrogen-bond donors (Lipinski definition) is 3. The summed E-state index contributed by atoms with van der Waals surface area (Å²) in [6.07, 6.45) is -0.189. The average molecular weight is 411 g/mol. The Bertz CT molecular complexity index is 690. The smallest absolute Gasteiger partial charge is 0.306 e. The van der Waals surface area contributed by atoms with Gasteiger partial charge in [0.05, 0.1) is 13.0 Å². The number of benzene rings is 1. The molecule has 10 heteroatoms. The molecule has 0 spiro atoms. The molecule has 0 aliphatic carbocycles. The molecule has 0 aromatic heterocycles. The first-order valence-corrected chi connectivity index (χ1v) is 8.96. The molecule has 0 atom stereocenters. The van der Waals surface area contributed by atoms with Crippen LogP contribution >= 0.6 is 12.2 Å². The van der Waals surface area contributed by atoms with Crippen molar-refractivity contribution in [1.82, 2.24) is 16.2 Å². The Morgan fingerprint density at radius 3 is 2.32 bits per heavy atom. The standard InChI is InChI=1S/C18H25N3O6S/c1-12-5-4-6-13(2)17(12)27-11-15(23)20-21-18(28)19-14(22)7-8-16(24)26-10-9-25-3/h4-6H,7-11H2,1-3H3,(H,20,23)(H2,19,21,22,28). The maximum atomic E-state index is 11.8. The zero-order chi connectivity index (χ0) is 20.9. The van der Waals surface area contributed by atoms with Crippen molar-refractivity contribution in [2.45, 2.75) is 26.7 Å². The number of carbonyl (C=O) groups excluding carboxylic acids is 3. The first-order chi connectivity index (χ1) is 13.3. The molecule has 0 saturated heterocycles. The number of thiocarbonyl (C=S) groups is 1. The van der Waals surface area contributed by atoms with Gasteiger partial charge in [-0.3, -0.25) is 25.2 Å². The van der Waals surface area contributed by atoms with Gasteiger partial charge in [0.2, 0.25) is 5.91 Å². The number of ether oxygens (including phenoxy) is 3. The van der Waals surface area contributed by atoms with Crippen LogP contribution in [0, 0.1) is 13.8 Å². The van der Waals surface area contributed by atoms with Gasteiger partial charge >= 0.3 is 5.97 Å². The largest absolute Gasteiger partial charge is 0.483 e. The number of amides is 2. The van der Waals surface area contributed by atoms with Crippen molar-refractivity contribution in [3.63, 3.8) is 0 Å². The number of hydrogen-bond acceptors (Lipinski definition) is 7. The van der Waals surface area contributed by atoms with Crippen molar-refractivity contribution < 1.29 is 28.6 Å².